The average Bonchev–Trinajstić information content (AvgIpc) is 2.46. The van der Waals surface area contributed by atoms with Crippen molar-refractivity contribution in [3.63, 3.8) is 0 Å². The van der Waals surface area contributed by atoms with E-state index in [0.717, 1.165) is 5.56 Å². The van der Waals surface area contributed by atoms with E-state index >= 15 is 0 Å². The number of esters is 1. The van der Waals surface area contributed by atoms with Crippen molar-refractivity contribution >= 4 is 5.97 Å². The first-order chi connectivity index (χ1) is 9.85. The van der Waals surface area contributed by atoms with E-state index in [4.69, 9.17) is 19.9 Å². The molecule has 0 aliphatic heterocycles. The van der Waals surface area contributed by atoms with Gasteiger partial charge in [0.25, 0.3) is 0 Å². The van der Waals surface area contributed by atoms with E-state index in [0.29, 0.717) is 24.5 Å². The van der Waals surface area contributed by atoms with E-state index in [1.54, 1.807) is 27.2 Å². The lowest BCUT2D eigenvalue weighted by atomic mass is 9.83. The van der Waals surface area contributed by atoms with E-state index < -0.39 is 5.41 Å². The van der Waals surface area contributed by atoms with Crippen LogP contribution in [0.4, 0.5) is 0 Å². The molecule has 0 saturated heterocycles. The van der Waals surface area contributed by atoms with Crippen LogP contribution in [0.3, 0.4) is 0 Å². The van der Waals surface area contributed by atoms with Crippen molar-refractivity contribution in [2.24, 2.45) is 11.1 Å². The third kappa shape index (κ3) is 4.36. The van der Waals surface area contributed by atoms with Crippen LogP contribution in [0.2, 0.25) is 0 Å². The maximum Gasteiger partial charge on any atom is 0.311 e. The third-order valence-corrected chi connectivity index (χ3v) is 3.40. The second kappa shape index (κ2) is 7.31. The molecule has 0 radical (unpaired) electrons. The van der Waals surface area contributed by atoms with Crippen LogP contribution in [-0.4, -0.2) is 26.8 Å². The predicted octanol–water partition coefficient (Wildman–Crippen LogP) is 2.68. The van der Waals surface area contributed by atoms with Gasteiger partial charge in [0.15, 0.2) is 0 Å². The van der Waals surface area contributed by atoms with Gasteiger partial charge in [0.2, 0.25) is 0 Å². The van der Waals surface area contributed by atoms with Gasteiger partial charge in [-0.25, -0.2) is 0 Å². The molecule has 1 atom stereocenters. The Balaban J connectivity index is 2.93. The fraction of sp³-hybridized carbons (Fsp3) is 0.562. The number of benzene rings is 1. The first kappa shape index (κ1) is 17.3. The van der Waals surface area contributed by atoms with E-state index in [9.17, 15) is 4.79 Å². The van der Waals surface area contributed by atoms with Gasteiger partial charge in [0, 0.05) is 17.7 Å². The number of hydrogen-bond acceptors (Lipinski definition) is 5. The van der Waals surface area contributed by atoms with Crippen molar-refractivity contribution in [3.8, 4) is 11.5 Å². The molecule has 0 aromatic heterocycles. The maximum atomic E-state index is 12.0. The zero-order valence-electron chi connectivity index (χ0n) is 13.4. The highest BCUT2D eigenvalue weighted by Gasteiger charge is 2.32. The molecule has 118 valence electrons. The lowest BCUT2D eigenvalue weighted by Crippen LogP contribution is -2.31. The molecule has 1 rings (SSSR count). The SMILES string of the molecule is CCOC(=O)C(C)(C)CC(N)c1ccc(OC)cc1OC. The van der Waals surface area contributed by atoms with E-state index in [2.05, 4.69) is 0 Å². The smallest absolute Gasteiger partial charge is 0.311 e. The fourth-order valence-electron chi connectivity index (χ4n) is 2.19. The number of carbonyl (C=O) groups excluding carboxylic acids is 1. The molecule has 1 aromatic carbocycles. The molecule has 0 fully saturated rings. The Morgan fingerprint density at radius 2 is 1.95 bits per heavy atom. The van der Waals surface area contributed by atoms with Crippen LogP contribution in [0.1, 0.15) is 38.8 Å². The molecule has 0 amide bonds. The topological polar surface area (TPSA) is 70.8 Å². The summed E-state index contributed by atoms with van der Waals surface area (Å²) in [6.07, 6.45) is 0.467. The van der Waals surface area contributed by atoms with Crippen LogP contribution in [0.5, 0.6) is 11.5 Å². The Morgan fingerprint density at radius 1 is 1.29 bits per heavy atom. The summed E-state index contributed by atoms with van der Waals surface area (Å²) in [7, 11) is 3.18. The van der Waals surface area contributed by atoms with Crippen molar-refractivity contribution < 1.29 is 19.0 Å². The quantitative estimate of drug-likeness (QED) is 0.783. The van der Waals surface area contributed by atoms with Crippen molar-refractivity contribution in [2.45, 2.75) is 33.2 Å². The predicted molar refractivity (Wildman–Crippen MR) is 81.5 cm³/mol. The highest BCUT2D eigenvalue weighted by Crippen LogP contribution is 2.35. The van der Waals surface area contributed by atoms with E-state index in [1.807, 2.05) is 26.0 Å². The zero-order valence-corrected chi connectivity index (χ0v) is 13.4. The molecule has 1 aromatic rings. The van der Waals surface area contributed by atoms with Gasteiger partial charge in [-0.1, -0.05) is 6.07 Å². The largest absolute Gasteiger partial charge is 0.497 e. The Labute approximate surface area is 126 Å². The number of rotatable bonds is 7. The molecule has 0 aliphatic rings. The maximum absolute atomic E-state index is 12.0. The molecular weight excluding hydrogens is 270 g/mol. The lowest BCUT2D eigenvalue weighted by Gasteiger charge is -2.26. The molecule has 0 saturated carbocycles. The Bertz CT molecular complexity index is 485. The lowest BCUT2D eigenvalue weighted by molar-refractivity contribution is -0.154. The number of carbonyl (C=O) groups is 1. The average molecular weight is 295 g/mol. The van der Waals surface area contributed by atoms with Gasteiger partial charge in [0.05, 0.1) is 26.2 Å². The number of ether oxygens (including phenoxy) is 3. The van der Waals surface area contributed by atoms with Crippen LogP contribution >= 0.6 is 0 Å². The second-order valence-electron chi connectivity index (χ2n) is 5.52. The van der Waals surface area contributed by atoms with Gasteiger partial charge < -0.3 is 19.9 Å². The first-order valence-electron chi connectivity index (χ1n) is 7.00. The van der Waals surface area contributed by atoms with Gasteiger partial charge >= 0.3 is 5.97 Å². The summed E-state index contributed by atoms with van der Waals surface area (Å²) in [5, 5.41) is 0. The number of nitrogens with two attached hydrogens (primary N) is 1. The van der Waals surface area contributed by atoms with Crippen LogP contribution in [0, 0.1) is 5.41 Å². The van der Waals surface area contributed by atoms with Gasteiger partial charge in [0.1, 0.15) is 11.5 Å². The Kier molecular flexibility index (Phi) is 6.03. The molecule has 0 bridgehead atoms. The fourth-order valence-corrected chi connectivity index (χ4v) is 2.19. The standard InChI is InChI=1S/C16H25NO4/c1-6-21-15(18)16(2,3)10-13(17)12-8-7-11(19-4)9-14(12)20-5/h7-9,13H,6,10,17H2,1-5H3. The number of methoxy groups -OCH3 is 2. The monoisotopic (exact) mass is 295 g/mol. The first-order valence-corrected chi connectivity index (χ1v) is 7.00. The van der Waals surface area contributed by atoms with Crippen LogP contribution < -0.4 is 15.2 Å². The van der Waals surface area contributed by atoms with Crippen molar-refractivity contribution in [1.82, 2.24) is 0 Å². The summed E-state index contributed by atoms with van der Waals surface area (Å²) in [5.74, 6) is 1.11. The van der Waals surface area contributed by atoms with Crippen LogP contribution in [-0.2, 0) is 9.53 Å². The third-order valence-electron chi connectivity index (χ3n) is 3.40. The van der Waals surface area contributed by atoms with Crippen LogP contribution in [0.25, 0.3) is 0 Å². The van der Waals surface area contributed by atoms with E-state index in [-0.39, 0.29) is 12.0 Å². The molecule has 5 heteroatoms. The molecule has 1 unspecified atom stereocenters. The summed E-state index contributed by atoms with van der Waals surface area (Å²) >= 11 is 0. The second-order valence-corrected chi connectivity index (χ2v) is 5.52. The normalized spacial score (nSPS) is 12.7. The molecule has 5 nitrogen and oxygen atoms in total. The van der Waals surface area contributed by atoms with Gasteiger partial charge in [-0.3, -0.25) is 4.79 Å². The zero-order chi connectivity index (χ0) is 16.0. The highest BCUT2D eigenvalue weighted by molar-refractivity contribution is 5.76. The minimum absolute atomic E-state index is 0.243. The Morgan fingerprint density at radius 3 is 2.48 bits per heavy atom. The summed E-state index contributed by atoms with van der Waals surface area (Å²) in [4.78, 5) is 12.0. The van der Waals surface area contributed by atoms with Gasteiger partial charge in [-0.2, -0.15) is 0 Å². The minimum atomic E-state index is -0.652. The molecule has 0 spiro atoms. The molecule has 2 N–H and O–H groups in total. The summed E-state index contributed by atoms with van der Waals surface area (Å²) in [6.45, 7) is 5.82. The number of hydrogen-bond donors (Lipinski definition) is 1. The summed E-state index contributed by atoms with van der Waals surface area (Å²) in [6, 6.07) is 5.15. The summed E-state index contributed by atoms with van der Waals surface area (Å²) in [5.41, 5.74) is 6.45. The molecule has 0 heterocycles. The van der Waals surface area contributed by atoms with Crippen molar-refractivity contribution in [1.29, 1.82) is 0 Å². The highest BCUT2D eigenvalue weighted by atomic mass is 16.5. The van der Waals surface area contributed by atoms with Gasteiger partial charge in [-0.15, -0.1) is 0 Å². The van der Waals surface area contributed by atoms with Crippen LogP contribution in [0.15, 0.2) is 18.2 Å². The van der Waals surface area contributed by atoms with Gasteiger partial charge in [-0.05, 0) is 33.3 Å². The molecule has 0 aliphatic carbocycles. The Hall–Kier alpha value is -1.75. The van der Waals surface area contributed by atoms with E-state index in [1.165, 1.54) is 0 Å². The van der Waals surface area contributed by atoms with Crippen molar-refractivity contribution in [3.05, 3.63) is 23.8 Å². The van der Waals surface area contributed by atoms with Crippen molar-refractivity contribution in [2.75, 3.05) is 20.8 Å². The summed E-state index contributed by atoms with van der Waals surface area (Å²) < 4.78 is 15.6. The molecule has 21 heavy (non-hydrogen) atoms. The minimum Gasteiger partial charge on any atom is -0.497 e. The molecular formula is C16H25NO4.